The number of nitrogens with one attached hydrogen (secondary N) is 1. The van der Waals surface area contributed by atoms with Crippen molar-refractivity contribution < 1.29 is 0 Å². The Bertz CT molecular complexity index is 291. The van der Waals surface area contributed by atoms with Crippen LogP contribution in [0, 0.1) is 12.3 Å². The fraction of sp³-hybridized carbons (Fsp3) is 0.200. The largest absolute Gasteiger partial charge is 0.302 e. The second-order valence-corrected chi connectivity index (χ2v) is 2.87. The molecule has 0 spiro atoms. The van der Waals surface area contributed by atoms with Crippen molar-refractivity contribution in [3.8, 4) is 12.3 Å². The van der Waals surface area contributed by atoms with Gasteiger partial charge >= 0.3 is 0 Å². The lowest BCUT2D eigenvalue weighted by Crippen LogP contribution is -2.12. The molecule has 0 fully saturated rings. The molecule has 0 aliphatic rings. The highest BCUT2D eigenvalue weighted by atomic mass is 35.5. The van der Waals surface area contributed by atoms with Crippen LogP contribution in [-0.4, -0.2) is 6.54 Å². The summed E-state index contributed by atoms with van der Waals surface area (Å²) in [6.07, 6.45) is 5.08. The highest BCUT2D eigenvalue weighted by Gasteiger charge is 1.91. The third kappa shape index (κ3) is 4.80. The predicted octanol–water partition coefficient (Wildman–Crippen LogP) is 2.48. The summed E-state index contributed by atoms with van der Waals surface area (Å²) in [5.41, 5.74) is 1.15. The fourth-order valence-corrected chi connectivity index (χ4v) is 1.14. The smallest absolute Gasteiger partial charge is 0.0576 e. The molecule has 1 nitrogen and oxygen atoms in total. The van der Waals surface area contributed by atoms with Crippen LogP contribution in [0.4, 0.5) is 0 Å². The van der Waals surface area contributed by atoms with E-state index in [0.29, 0.717) is 6.54 Å². The van der Waals surface area contributed by atoms with Gasteiger partial charge in [0.25, 0.3) is 0 Å². The maximum absolute atomic E-state index is 5.79. The molecule has 70 valence electrons. The van der Waals surface area contributed by atoms with Gasteiger partial charge in [-0.15, -0.1) is 18.8 Å². The molecule has 0 heterocycles. The van der Waals surface area contributed by atoms with Crippen molar-refractivity contribution in [1.29, 1.82) is 0 Å². The maximum Gasteiger partial charge on any atom is 0.0576 e. The molecule has 3 heteroatoms. The fourth-order valence-electron chi connectivity index (χ4n) is 0.926. The van der Waals surface area contributed by atoms with Gasteiger partial charge in [-0.3, -0.25) is 0 Å². The summed E-state index contributed by atoms with van der Waals surface area (Å²) < 4.78 is 0. The van der Waals surface area contributed by atoms with Gasteiger partial charge in [-0.05, 0) is 17.7 Å². The molecule has 13 heavy (non-hydrogen) atoms. The van der Waals surface area contributed by atoms with E-state index in [9.17, 15) is 0 Å². The molecule has 1 N–H and O–H groups in total. The van der Waals surface area contributed by atoms with Crippen LogP contribution in [0.5, 0.6) is 0 Å². The van der Waals surface area contributed by atoms with Crippen molar-refractivity contribution in [1.82, 2.24) is 5.32 Å². The molecular weight excluding hydrogens is 205 g/mol. The predicted molar refractivity (Wildman–Crippen MR) is 59.2 cm³/mol. The maximum atomic E-state index is 5.79. The van der Waals surface area contributed by atoms with Gasteiger partial charge in [-0.1, -0.05) is 29.7 Å². The summed E-state index contributed by atoms with van der Waals surface area (Å²) in [5, 5.41) is 3.84. The summed E-state index contributed by atoms with van der Waals surface area (Å²) >= 11 is 5.79. The number of hydrogen-bond donors (Lipinski definition) is 1. The van der Waals surface area contributed by atoms with E-state index in [-0.39, 0.29) is 12.4 Å². The average molecular weight is 216 g/mol. The lowest BCUT2D eigenvalue weighted by atomic mass is 10.2. The summed E-state index contributed by atoms with van der Waals surface area (Å²) in [4.78, 5) is 0. The SMILES string of the molecule is C#CCNCc1cccc(Cl)c1.Cl. The molecule has 1 rings (SSSR count). The summed E-state index contributed by atoms with van der Waals surface area (Å²) in [6, 6.07) is 7.71. The minimum Gasteiger partial charge on any atom is -0.302 e. The monoisotopic (exact) mass is 215 g/mol. The molecule has 0 radical (unpaired) electrons. The molecule has 0 aliphatic carbocycles. The van der Waals surface area contributed by atoms with Crippen molar-refractivity contribution in [2.24, 2.45) is 0 Å². The van der Waals surface area contributed by atoms with Gasteiger partial charge in [-0.25, -0.2) is 0 Å². The Labute approximate surface area is 89.9 Å². The number of rotatable bonds is 3. The van der Waals surface area contributed by atoms with Crippen molar-refractivity contribution in [2.45, 2.75) is 6.54 Å². The molecule has 0 unspecified atom stereocenters. The van der Waals surface area contributed by atoms with Crippen LogP contribution in [-0.2, 0) is 6.54 Å². The molecule has 0 aliphatic heterocycles. The first-order valence-electron chi connectivity index (χ1n) is 3.71. The highest BCUT2D eigenvalue weighted by Crippen LogP contribution is 2.09. The zero-order valence-corrected chi connectivity index (χ0v) is 8.66. The first kappa shape index (κ1) is 12.3. The van der Waals surface area contributed by atoms with E-state index in [0.717, 1.165) is 17.1 Å². The zero-order valence-electron chi connectivity index (χ0n) is 7.09. The van der Waals surface area contributed by atoms with E-state index in [2.05, 4.69) is 11.2 Å². The Morgan fingerprint density at radius 3 is 2.85 bits per heavy atom. The van der Waals surface area contributed by atoms with Crippen LogP contribution in [0.1, 0.15) is 5.56 Å². The van der Waals surface area contributed by atoms with Gasteiger partial charge in [0.1, 0.15) is 0 Å². The van der Waals surface area contributed by atoms with E-state index in [1.807, 2.05) is 24.3 Å². The molecule has 0 bridgehead atoms. The quantitative estimate of drug-likeness (QED) is 0.604. The molecule has 0 amide bonds. The van der Waals surface area contributed by atoms with Crippen molar-refractivity contribution in [2.75, 3.05) is 6.54 Å². The summed E-state index contributed by atoms with van der Waals surface area (Å²) in [5.74, 6) is 2.51. The van der Waals surface area contributed by atoms with Gasteiger partial charge in [0, 0.05) is 11.6 Å². The molecule has 1 aromatic carbocycles. The Balaban J connectivity index is 0.00000144. The number of terminal acetylenes is 1. The minimum absolute atomic E-state index is 0. The first-order valence-corrected chi connectivity index (χ1v) is 4.09. The van der Waals surface area contributed by atoms with Crippen molar-refractivity contribution in [3.05, 3.63) is 34.9 Å². The van der Waals surface area contributed by atoms with Crippen LogP contribution < -0.4 is 5.32 Å². The molecule has 0 saturated heterocycles. The topological polar surface area (TPSA) is 12.0 Å². The zero-order chi connectivity index (χ0) is 8.81. The van der Waals surface area contributed by atoms with Crippen LogP contribution in [0.2, 0.25) is 5.02 Å². The molecule has 0 aromatic heterocycles. The second kappa shape index (κ2) is 6.80. The normalized spacial score (nSPS) is 8.62. The van der Waals surface area contributed by atoms with E-state index in [1.54, 1.807) is 0 Å². The highest BCUT2D eigenvalue weighted by molar-refractivity contribution is 6.30. The van der Waals surface area contributed by atoms with Gasteiger partial charge in [0.2, 0.25) is 0 Å². The lowest BCUT2D eigenvalue weighted by Gasteiger charge is -2.00. The Morgan fingerprint density at radius 2 is 2.23 bits per heavy atom. The molecule has 1 aromatic rings. The molecule has 0 saturated carbocycles. The Kier molecular flexibility index (Phi) is 6.44. The lowest BCUT2D eigenvalue weighted by molar-refractivity contribution is 0.770. The van der Waals surface area contributed by atoms with Crippen molar-refractivity contribution in [3.63, 3.8) is 0 Å². The van der Waals surface area contributed by atoms with Gasteiger partial charge in [0.05, 0.1) is 6.54 Å². The van der Waals surface area contributed by atoms with Crippen LogP contribution in [0.3, 0.4) is 0 Å². The standard InChI is InChI=1S/C10H10ClN.ClH/c1-2-6-12-8-9-4-3-5-10(11)7-9;/h1,3-5,7,12H,6,8H2;1H. The number of halogens is 2. The molecular formula is C10H11Cl2N. The number of hydrogen-bond acceptors (Lipinski definition) is 1. The average Bonchev–Trinajstić information content (AvgIpc) is 2.05. The van der Waals surface area contributed by atoms with Crippen LogP contribution in [0.15, 0.2) is 24.3 Å². The van der Waals surface area contributed by atoms with E-state index in [4.69, 9.17) is 18.0 Å². The van der Waals surface area contributed by atoms with Crippen LogP contribution >= 0.6 is 24.0 Å². The Morgan fingerprint density at radius 1 is 1.46 bits per heavy atom. The van der Waals surface area contributed by atoms with Crippen molar-refractivity contribution >= 4 is 24.0 Å². The van der Waals surface area contributed by atoms with E-state index < -0.39 is 0 Å². The summed E-state index contributed by atoms with van der Waals surface area (Å²) in [7, 11) is 0. The second-order valence-electron chi connectivity index (χ2n) is 2.44. The van der Waals surface area contributed by atoms with Gasteiger partial charge in [-0.2, -0.15) is 0 Å². The van der Waals surface area contributed by atoms with E-state index >= 15 is 0 Å². The Hall–Kier alpha value is -0.680. The first-order chi connectivity index (χ1) is 5.83. The van der Waals surface area contributed by atoms with Crippen LogP contribution in [0.25, 0.3) is 0 Å². The third-order valence-corrected chi connectivity index (χ3v) is 1.68. The summed E-state index contributed by atoms with van der Waals surface area (Å²) in [6.45, 7) is 1.36. The van der Waals surface area contributed by atoms with E-state index in [1.165, 1.54) is 0 Å². The van der Waals surface area contributed by atoms with Gasteiger partial charge < -0.3 is 5.32 Å². The molecule has 0 atom stereocenters. The van der Waals surface area contributed by atoms with Gasteiger partial charge in [0.15, 0.2) is 0 Å². The number of benzene rings is 1. The third-order valence-electron chi connectivity index (χ3n) is 1.45. The minimum atomic E-state index is 0.